The van der Waals surface area contributed by atoms with Crippen molar-refractivity contribution in [2.75, 3.05) is 7.11 Å². The highest BCUT2D eigenvalue weighted by Crippen LogP contribution is 2.37. The fraction of sp³-hybridized carbons (Fsp3) is 0.0370. The van der Waals surface area contributed by atoms with E-state index < -0.39 is 16.9 Å². The number of aromatic nitrogens is 1. The van der Waals surface area contributed by atoms with Crippen molar-refractivity contribution in [1.82, 2.24) is 4.57 Å². The van der Waals surface area contributed by atoms with Crippen LogP contribution >= 0.6 is 11.8 Å². The Hall–Kier alpha value is -4.43. The summed E-state index contributed by atoms with van der Waals surface area (Å²) in [5, 5.41) is 20.5. The van der Waals surface area contributed by atoms with Gasteiger partial charge in [0.1, 0.15) is 27.4 Å². The topological polar surface area (TPSA) is 102 Å². The Kier molecular flexibility index (Phi) is 5.80. The molecular formula is C27H19NO6S. The Morgan fingerprint density at radius 1 is 0.886 bits per heavy atom. The molecule has 174 valence electrons. The molecule has 2 heterocycles. The predicted molar refractivity (Wildman–Crippen MR) is 134 cm³/mol. The number of benzene rings is 3. The number of phenols is 1. The van der Waals surface area contributed by atoms with Crippen molar-refractivity contribution in [1.29, 1.82) is 0 Å². The molecule has 7 nitrogen and oxygen atoms in total. The van der Waals surface area contributed by atoms with Crippen LogP contribution in [0.15, 0.2) is 109 Å². The third kappa shape index (κ3) is 4.15. The molecule has 0 spiro atoms. The van der Waals surface area contributed by atoms with Gasteiger partial charge in [0.05, 0.1) is 12.8 Å². The van der Waals surface area contributed by atoms with E-state index in [2.05, 4.69) is 0 Å². The molecule has 0 saturated heterocycles. The summed E-state index contributed by atoms with van der Waals surface area (Å²) in [5.41, 5.74) is 0.446. The lowest BCUT2D eigenvalue weighted by Gasteiger charge is -2.16. The second kappa shape index (κ2) is 9.08. The summed E-state index contributed by atoms with van der Waals surface area (Å²) in [6, 6.07) is 23.9. The van der Waals surface area contributed by atoms with Gasteiger partial charge in [-0.2, -0.15) is 0 Å². The zero-order chi connectivity index (χ0) is 24.5. The average Bonchev–Trinajstić information content (AvgIpc) is 2.88. The first kappa shape index (κ1) is 22.4. The molecule has 5 aromatic rings. The maximum Gasteiger partial charge on any atom is 0.354 e. The highest BCUT2D eigenvalue weighted by molar-refractivity contribution is 7.99. The molecule has 5 rings (SSSR count). The van der Waals surface area contributed by atoms with Gasteiger partial charge >= 0.3 is 5.63 Å². The van der Waals surface area contributed by atoms with Crippen molar-refractivity contribution in [3.8, 4) is 34.2 Å². The number of fused-ring (bicyclic) bond motifs is 1. The van der Waals surface area contributed by atoms with E-state index in [0.717, 1.165) is 17.3 Å². The third-order valence-electron chi connectivity index (χ3n) is 5.47. The molecule has 0 atom stereocenters. The fourth-order valence-corrected chi connectivity index (χ4v) is 4.61. The monoisotopic (exact) mass is 485 g/mol. The number of pyridine rings is 1. The molecule has 0 bridgehead atoms. The van der Waals surface area contributed by atoms with Crippen LogP contribution in [0.25, 0.3) is 27.9 Å². The van der Waals surface area contributed by atoms with Crippen molar-refractivity contribution in [2.45, 2.75) is 9.79 Å². The fourth-order valence-electron chi connectivity index (χ4n) is 3.77. The van der Waals surface area contributed by atoms with E-state index in [9.17, 15) is 19.8 Å². The van der Waals surface area contributed by atoms with Gasteiger partial charge in [0.2, 0.25) is 0 Å². The SMILES string of the molecule is COc1ccc(-n2c(-c3ccccc3)cc3oc(=O)c(Sc4ccc(O)cc4)c(O)c3c2=O)cc1. The molecule has 2 N–H and O–H groups in total. The molecule has 0 aliphatic carbocycles. The zero-order valence-corrected chi connectivity index (χ0v) is 19.3. The first-order valence-corrected chi connectivity index (χ1v) is 11.4. The summed E-state index contributed by atoms with van der Waals surface area (Å²) in [4.78, 5) is 27.1. The second-order valence-corrected chi connectivity index (χ2v) is 8.72. The minimum atomic E-state index is -0.770. The molecule has 0 aliphatic rings. The average molecular weight is 486 g/mol. The molecule has 8 heteroatoms. The lowest BCUT2D eigenvalue weighted by molar-refractivity contribution is 0.414. The number of hydrogen-bond donors (Lipinski definition) is 2. The highest BCUT2D eigenvalue weighted by Gasteiger charge is 2.22. The molecule has 2 aromatic heterocycles. The van der Waals surface area contributed by atoms with Crippen LogP contribution in [0.2, 0.25) is 0 Å². The Bertz CT molecular complexity index is 1640. The normalized spacial score (nSPS) is 11.0. The molecule has 0 amide bonds. The van der Waals surface area contributed by atoms with E-state index in [0.29, 0.717) is 22.0 Å². The molecule has 0 fully saturated rings. The van der Waals surface area contributed by atoms with Crippen LogP contribution in [0.4, 0.5) is 0 Å². The van der Waals surface area contributed by atoms with E-state index in [-0.39, 0.29) is 21.6 Å². The number of rotatable bonds is 5. The number of methoxy groups -OCH3 is 1. The maximum atomic E-state index is 13.8. The van der Waals surface area contributed by atoms with Crippen LogP contribution < -0.4 is 15.9 Å². The van der Waals surface area contributed by atoms with E-state index in [1.165, 1.54) is 16.7 Å². The summed E-state index contributed by atoms with van der Waals surface area (Å²) in [6.07, 6.45) is 0. The van der Waals surface area contributed by atoms with Crippen molar-refractivity contribution in [2.24, 2.45) is 0 Å². The van der Waals surface area contributed by atoms with Crippen molar-refractivity contribution in [3.05, 3.63) is 106 Å². The first-order chi connectivity index (χ1) is 17.0. The lowest BCUT2D eigenvalue weighted by atomic mass is 10.1. The van der Waals surface area contributed by atoms with Gasteiger partial charge in [-0.3, -0.25) is 9.36 Å². The Morgan fingerprint density at radius 3 is 2.23 bits per heavy atom. The quantitative estimate of drug-likeness (QED) is 0.354. The van der Waals surface area contributed by atoms with Crippen molar-refractivity contribution < 1.29 is 19.4 Å². The van der Waals surface area contributed by atoms with Crippen LogP contribution in [0.5, 0.6) is 17.2 Å². The Morgan fingerprint density at radius 2 is 1.57 bits per heavy atom. The summed E-state index contributed by atoms with van der Waals surface area (Å²) in [5.74, 6) is 0.242. The summed E-state index contributed by atoms with van der Waals surface area (Å²) in [7, 11) is 1.56. The van der Waals surface area contributed by atoms with Crippen LogP contribution in [0.3, 0.4) is 0 Å². The lowest BCUT2D eigenvalue weighted by Crippen LogP contribution is -2.21. The van der Waals surface area contributed by atoms with Gasteiger partial charge in [-0.25, -0.2) is 4.79 Å². The zero-order valence-electron chi connectivity index (χ0n) is 18.5. The molecular weight excluding hydrogens is 466 g/mol. The van der Waals surface area contributed by atoms with E-state index in [4.69, 9.17) is 9.15 Å². The maximum absolute atomic E-state index is 13.8. The summed E-state index contributed by atoms with van der Waals surface area (Å²) < 4.78 is 12.2. The van der Waals surface area contributed by atoms with Crippen molar-refractivity contribution >= 4 is 22.7 Å². The van der Waals surface area contributed by atoms with Gasteiger partial charge in [-0.1, -0.05) is 42.1 Å². The molecule has 0 radical (unpaired) electrons. The molecule has 0 unspecified atom stereocenters. The molecule has 0 saturated carbocycles. The minimum absolute atomic E-state index is 0.0174. The standard InChI is InChI=1S/C27H19NO6S/c1-33-19-11-7-17(8-12-19)28-21(16-5-3-2-4-6-16)15-22-23(26(28)31)24(30)25(27(32)34-22)35-20-13-9-18(29)10-14-20/h2-15,29-30H,1H3. The van der Waals surface area contributed by atoms with E-state index >= 15 is 0 Å². The predicted octanol–water partition coefficient (Wildman–Crippen LogP) is 5.18. The van der Waals surface area contributed by atoms with Crippen LogP contribution in [0, 0.1) is 0 Å². The van der Waals surface area contributed by atoms with Crippen LogP contribution in [-0.4, -0.2) is 21.9 Å². The molecule has 3 aromatic carbocycles. The van der Waals surface area contributed by atoms with Crippen LogP contribution in [-0.2, 0) is 0 Å². The first-order valence-electron chi connectivity index (χ1n) is 10.6. The van der Waals surface area contributed by atoms with E-state index in [1.54, 1.807) is 49.6 Å². The van der Waals surface area contributed by atoms with Gasteiger partial charge < -0.3 is 19.4 Å². The van der Waals surface area contributed by atoms with Gasteiger partial charge in [-0.05, 0) is 54.1 Å². The van der Waals surface area contributed by atoms with Gasteiger partial charge in [0, 0.05) is 16.6 Å². The Labute approximate surface area is 203 Å². The van der Waals surface area contributed by atoms with Crippen LogP contribution in [0.1, 0.15) is 0 Å². The second-order valence-electron chi connectivity index (χ2n) is 7.64. The highest BCUT2D eigenvalue weighted by atomic mass is 32.2. The van der Waals surface area contributed by atoms with Gasteiger partial charge in [0.15, 0.2) is 5.75 Å². The third-order valence-corrected chi connectivity index (χ3v) is 6.54. The largest absolute Gasteiger partial charge is 0.508 e. The van der Waals surface area contributed by atoms with Gasteiger partial charge in [-0.15, -0.1) is 0 Å². The van der Waals surface area contributed by atoms with Gasteiger partial charge in [0.25, 0.3) is 5.56 Å². The number of aromatic hydroxyl groups is 2. The molecule has 35 heavy (non-hydrogen) atoms. The Balaban J connectivity index is 1.78. The minimum Gasteiger partial charge on any atom is -0.508 e. The smallest absolute Gasteiger partial charge is 0.354 e. The van der Waals surface area contributed by atoms with E-state index in [1.807, 2.05) is 30.3 Å². The molecule has 0 aliphatic heterocycles. The summed E-state index contributed by atoms with van der Waals surface area (Å²) >= 11 is 0.948. The summed E-state index contributed by atoms with van der Waals surface area (Å²) in [6.45, 7) is 0. The van der Waals surface area contributed by atoms with Crippen molar-refractivity contribution in [3.63, 3.8) is 0 Å². The number of hydrogen-bond acceptors (Lipinski definition) is 7. The number of nitrogens with zero attached hydrogens (tertiary/aromatic N) is 1. The number of ether oxygens (including phenoxy) is 1. The number of phenolic OH excluding ortho intramolecular Hbond substituents is 1.